The molecule has 0 N–H and O–H groups in total. The Hall–Kier alpha value is -2.28. The molecule has 1 aromatic rings. The number of piperidine rings is 2. The fourth-order valence-electron chi connectivity index (χ4n) is 5.43. The molecule has 0 spiro atoms. The normalized spacial score (nSPS) is 23.3. The molecule has 3 amide bonds. The van der Waals surface area contributed by atoms with Gasteiger partial charge < -0.3 is 19.4 Å². The van der Waals surface area contributed by atoms with Crippen LogP contribution in [0.3, 0.4) is 0 Å². The Kier molecular flexibility index (Phi) is 8.35. The third-order valence-corrected chi connectivity index (χ3v) is 7.59. The average molecular weight is 490 g/mol. The van der Waals surface area contributed by atoms with Crippen molar-refractivity contribution in [1.29, 1.82) is 0 Å². The molecule has 3 fully saturated rings. The number of hydrogen-bond acceptors (Lipinski definition) is 4. The van der Waals surface area contributed by atoms with E-state index in [0.717, 1.165) is 51.7 Å². The molecule has 0 unspecified atom stereocenters. The minimum absolute atomic E-state index is 0.0527. The van der Waals surface area contributed by atoms with E-state index in [1.165, 1.54) is 6.42 Å². The highest BCUT2D eigenvalue weighted by molar-refractivity contribution is 6.30. The molecule has 0 bridgehead atoms. The lowest BCUT2D eigenvalue weighted by atomic mass is 9.77. The van der Waals surface area contributed by atoms with E-state index in [9.17, 15) is 14.4 Å². The SMILES string of the molecule is O=C1CCCN1CCC(=O)N1CCC[C@](COc2cccc(Cl)c2)(CC(=O)N2CCCCC2)C1. The number of carbonyl (C=O) groups is 3. The second-order valence-electron chi connectivity index (χ2n) is 10.0. The van der Waals surface area contributed by atoms with Crippen LogP contribution >= 0.6 is 11.6 Å². The van der Waals surface area contributed by atoms with Crippen molar-refractivity contribution in [3.63, 3.8) is 0 Å². The maximum Gasteiger partial charge on any atom is 0.224 e. The molecule has 0 saturated carbocycles. The van der Waals surface area contributed by atoms with Crippen LogP contribution in [0.4, 0.5) is 0 Å². The van der Waals surface area contributed by atoms with Gasteiger partial charge in [-0.25, -0.2) is 0 Å². The van der Waals surface area contributed by atoms with Gasteiger partial charge in [0.1, 0.15) is 5.75 Å². The molecule has 3 aliphatic rings. The summed E-state index contributed by atoms with van der Waals surface area (Å²) in [6.07, 6.45) is 7.12. The Bertz CT molecular complexity index is 889. The summed E-state index contributed by atoms with van der Waals surface area (Å²) >= 11 is 6.13. The zero-order chi connectivity index (χ0) is 24.0. The minimum atomic E-state index is -0.436. The summed E-state index contributed by atoms with van der Waals surface area (Å²) < 4.78 is 6.16. The zero-order valence-corrected chi connectivity index (χ0v) is 20.7. The minimum Gasteiger partial charge on any atom is -0.493 e. The lowest BCUT2D eigenvalue weighted by Crippen LogP contribution is -2.51. The first-order valence-corrected chi connectivity index (χ1v) is 13.0. The quantitative estimate of drug-likeness (QED) is 0.557. The summed E-state index contributed by atoms with van der Waals surface area (Å²) in [5, 5.41) is 0.604. The van der Waals surface area contributed by atoms with Crippen LogP contribution in [-0.4, -0.2) is 78.3 Å². The van der Waals surface area contributed by atoms with E-state index in [1.807, 2.05) is 21.9 Å². The molecule has 0 aromatic heterocycles. The monoisotopic (exact) mass is 489 g/mol. The predicted octanol–water partition coefficient (Wildman–Crippen LogP) is 3.74. The Balaban J connectivity index is 1.43. The van der Waals surface area contributed by atoms with Crippen molar-refractivity contribution in [3.05, 3.63) is 29.3 Å². The molecular weight excluding hydrogens is 454 g/mol. The van der Waals surface area contributed by atoms with E-state index in [1.54, 1.807) is 17.0 Å². The number of likely N-dealkylation sites (tertiary alicyclic amines) is 3. The lowest BCUT2D eigenvalue weighted by molar-refractivity contribution is -0.142. The van der Waals surface area contributed by atoms with Gasteiger partial charge in [-0.15, -0.1) is 0 Å². The van der Waals surface area contributed by atoms with Gasteiger partial charge in [-0.2, -0.15) is 0 Å². The molecule has 0 aliphatic carbocycles. The number of carbonyl (C=O) groups excluding carboxylic acids is 3. The van der Waals surface area contributed by atoms with Crippen LogP contribution < -0.4 is 4.74 Å². The molecular formula is C26H36ClN3O4. The Labute approximate surface area is 207 Å². The Morgan fingerprint density at radius 2 is 1.76 bits per heavy atom. The standard InChI is InChI=1S/C26H36ClN3O4/c27-21-7-4-8-22(17-21)34-20-26(18-25(33)28-12-2-1-3-13-28)11-6-15-30(19-26)24(32)10-16-29-14-5-9-23(29)31/h4,7-8,17H,1-3,5-6,9-16,18-20H2/t26-/m0/s1. The van der Waals surface area contributed by atoms with Crippen LogP contribution in [0.25, 0.3) is 0 Å². The van der Waals surface area contributed by atoms with Crippen molar-refractivity contribution < 1.29 is 19.1 Å². The van der Waals surface area contributed by atoms with Gasteiger partial charge in [-0.3, -0.25) is 14.4 Å². The molecule has 186 valence electrons. The number of halogens is 1. The van der Waals surface area contributed by atoms with Crippen molar-refractivity contribution in [2.75, 3.05) is 45.9 Å². The highest BCUT2D eigenvalue weighted by Gasteiger charge is 2.41. The van der Waals surface area contributed by atoms with E-state index in [2.05, 4.69) is 0 Å². The molecule has 1 aromatic carbocycles. The third-order valence-electron chi connectivity index (χ3n) is 7.36. The van der Waals surface area contributed by atoms with Crippen LogP contribution in [0.15, 0.2) is 24.3 Å². The van der Waals surface area contributed by atoms with E-state index in [-0.39, 0.29) is 17.7 Å². The molecule has 7 nitrogen and oxygen atoms in total. The van der Waals surface area contributed by atoms with Gasteiger partial charge in [-0.1, -0.05) is 17.7 Å². The van der Waals surface area contributed by atoms with Crippen LogP contribution in [0, 0.1) is 5.41 Å². The first-order valence-electron chi connectivity index (χ1n) is 12.7. The summed E-state index contributed by atoms with van der Waals surface area (Å²) in [6, 6.07) is 7.29. The topological polar surface area (TPSA) is 70.2 Å². The third kappa shape index (κ3) is 6.44. The Morgan fingerprint density at radius 3 is 2.50 bits per heavy atom. The average Bonchev–Trinajstić information content (AvgIpc) is 3.26. The van der Waals surface area contributed by atoms with E-state index in [0.29, 0.717) is 56.3 Å². The summed E-state index contributed by atoms with van der Waals surface area (Å²) in [5.41, 5.74) is -0.436. The molecule has 3 aliphatic heterocycles. The van der Waals surface area contributed by atoms with Crippen molar-refractivity contribution in [2.45, 2.75) is 57.8 Å². The summed E-state index contributed by atoms with van der Waals surface area (Å²) in [4.78, 5) is 43.9. The molecule has 0 radical (unpaired) electrons. The van der Waals surface area contributed by atoms with Gasteiger partial charge >= 0.3 is 0 Å². The van der Waals surface area contributed by atoms with Crippen molar-refractivity contribution in [3.8, 4) is 5.75 Å². The second kappa shape index (κ2) is 11.4. The van der Waals surface area contributed by atoms with Gasteiger partial charge in [0.25, 0.3) is 0 Å². The fourth-order valence-corrected chi connectivity index (χ4v) is 5.61. The second-order valence-corrected chi connectivity index (χ2v) is 10.5. The largest absolute Gasteiger partial charge is 0.493 e. The van der Waals surface area contributed by atoms with Crippen LogP contribution in [0.2, 0.25) is 5.02 Å². The van der Waals surface area contributed by atoms with E-state index in [4.69, 9.17) is 16.3 Å². The van der Waals surface area contributed by atoms with Crippen LogP contribution in [-0.2, 0) is 14.4 Å². The molecule has 4 rings (SSSR count). The van der Waals surface area contributed by atoms with Crippen LogP contribution in [0.5, 0.6) is 5.75 Å². The smallest absolute Gasteiger partial charge is 0.224 e. The molecule has 3 heterocycles. The van der Waals surface area contributed by atoms with Crippen LogP contribution in [0.1, 0.15) is 57.8 Å². The lowest BCUT2D eigenvalue weighted by Gasteiger charge is -2.43. The predicted molar refractivity (Wildman–Crippen MR) is 131 cm³/mol. The first kappa shape index (κ1) is 24.8. The van der Waals surface area contributed by atoms with Gasteiger partial charge in [0.2, 0.25) is 17.7 Å². The van der Waals surface area contributed by atoms with Gasteiger partial charge in [0, 0.05) is 69.0 Å². The summed E-state index contributed by atoms with van der Waals surface area (Å²) in [7, 11) is 0. The highest BCUT2D eigenvalue weighted by atomic mass is 35.5. The highest BCUT2D eigenvalue weighted by Crippen LogP contribution is 2.36. The van der Waals surface area contributed by atoms with E-state index < -0.39 is 5.41 Å². The summed E-state index contributed by atoms with van der Waals surface area (Å²) in [5.74, 6) is 1.03. The first-order chi connectivity index (χ1) is 16.4. The fraction of sp³-hybridized carbons (Fsp3) is 0.654. The molecule has 1 atom stereocenters. The van der Waals surface area contributed by atoms with Crippen molar-refractivity contribution >= 4 is 29.3 Å². The number of nitrogens with zero attached hydrogens (tertiary/aromatic N) is 3. The maximum absolute atomic E-state index is 13.3. The van der Waals surface area contributed by atoms with Crippen molar-refractivity contribution in [1.82, 2.24) is 14.7 Å². The number of amides is 3. The van der Waals surface area contributed by atoms with Gasteiger partial charge in [0.05, 0.1) is 6.61 Å². The van der Waals surface area contributed by atoms with Gasteiger partial charge in [0.15, 0.2) is 0 Å². The molecule has 8 heteroatoms. The van der Waals surface area contributed by atoms with E-state index >= 15 is 0 Å². The number of benzene rings is 1. The number of rotatable bonds is 8. The van der Waals surface area contributed by atoms with Crippen molar-refractivity contribution in [2.24, 2.45) is 5.41 Å². The molecule has 34 heavy (non-hydrogen) atoms. The number of ether oxygens (including phenoxy) is 1. The molecule has 3 saturated heterocycles. The zero-order valence-electron chi connectivity index (χ0n) is 20.0. The summed E-state index contributed by atoms with van der Waals surface area (Å²) in [6.45, 7) is 4.40. The maximum atomic E-state index is 13.3. The Morgan fingerprint density at radius 1 is 0.971 bits per heavy atom. The number of hydrogen-bond donors (Lipinski definition) is 0. The van der Waals surface area contributed by atoms with Gasteiger partial charge in [-0.05, 0) is 56.7 Å².